The van der Waals surface area contributed by atoms with Crippen LogP contribution in [0.4, 0.5) is 10.1 Å². The first-order valence-corrected chi connectivity index (χ1v) is 13.2. The van der Waals surface area contributed by atoms with Gasteiger partial charge in [0.1, 0.15) is 11.9 Å². The third kappa shape index (κ3) is 6.62. The molecule has 1 heterocycles. The molecule has 0 unspecified atom stereocenters. The second-order valence-electron chi connectivity index (χ2n) is 9.97. The van der Waals surface area contributed by atoms with Gasteiger partial charge in [0.15, 0.2) is 0 Å². The average molecular weight is 480 g/mol. The number of nitrogens with one attached hydrogen (secondary N) is 2. The minimum Gasteiger partial charge on any atom is -0.369 e. The van der Waals surface area contributed by atoms with Crippen LogP contribution >= 0.6 is 0 Å². The Morgan fingerprint density at radius 1 is 1.06 bits per heavy atom. The van der Waals surface area contributed by atoms with Crippen molar-refractivity contribution in [2.75, 3.05) is 24.5 Å². The molecule has 2 N–H and O–H groups in total. The number of amides is 2. The SMILES string of the molecule is CC[C@@H](C(=O)N[C@@H](CC1CCCCC1)C(=O)NCCN1CCc2cc(F)ccc21)c1ccccc1. The Hall–Kier alpha value is -2.89. The summed E-state index contributed by atoms with van der Waals surface area (Å²) in [6.45, 7) is 3.98. The van der Waals surface area contributed by atoms with Crippen molar-refractivity contribution >= 4 is 17.5 Å². The van der Waals surface area contributed by atoms with Gasteiger partial charge in [-0.25, -0.2) is 4.39 Å². The number of fused-ring (bicyclic) bond motifs is 1. The van der Waals surface area contributed by atoms with Crippen molar-refractivity contribution in [3.63, 3.8) is 0 Å². The fourth-order valence-electron chi connectivity index (χ4n) is 5.63. The van der Waals surface area contributed by atoms with Crippen molar-refractivity contribution in [1.82, 2.24) is 10.6 Å². The van der Waals surface area contributed by atoms with Crippen molar-refractivity contribution in [3.8, 4) is 0 Å². The Morgan fingerprint density at radius 3 is 2.57 bits per heavy atom. The predicted octanol–water partition coefficient (Wildman–Crippen LogP) is 4.95. The van der Waals surface area contributed by atoms with E-state index in [1.165, 1.54) is 25.3 Å². The average Bonchev–Trinajstić information content (AvgIpc) is 3.27. The van der Waals surface area contributed by atoms with Gasteiger partial charge in [0.05, 0.1) is 5.92 Å². The molecule has 0 saturated heterocycles. The van der Waals surface area contributed by atoms with Crippen LogP contribution in [0, 0.1) is 11.7 Å². The zero-order valence-electron chi connectivity index (χ0n) is 20.8. The van der Waals surface area contributed by atoms with Crippen LogP contribution < -0.4 is 15.5 Å². The van der Waals surface area contributed by atoms with Crippen molar-refractivity contribution < 1.29 is 14.0 Å². The monoisotopic (exact) mass is 479 g/mol. The summed E-state index contributed by atoms with van der Waals surface area (Å²) >= 11 is 0. The largest absolute Gasteiger partial charge is 0.369 e. The van der Waals surface area contributed by atoms with Crippen molar-refractivity contribution in [3.05, 3.63) is 65.5 Å². The molecule has 0 spiro atoms. The minimum absolute atomic E-state index is 0.0786. The second kappa shape index (κ2) is 12.2. The van der Waals surface area contributed by atoms with E-state index >= 15 is 0 Å². The molecular weight excluding hydrogens is 441 g/mol. The number of hydrogen-bond acceptors (Lipinski definition) is 3. The van der Waals surface area contributed by atoms with Crippen LogP contribution in [0.3, 0.4) is 0 Å². The third-order valence-corrected chi connectivity index (χ3v) is 7.57. The lowest BCUT2D eigenvalue weighted by molar-refractivity contribution is -0.130. The molecule has 0 aromatic heterocycles. The quantitative estimate of drug-likeness (QED) is 0.507. The summed E-state index contributed by atoms with van der Waals surface area (Å²) in [5.41, 5.74) is 3.04. The lowest BCUT2D eigenvalue weighted by atomic mass is 9.84. The topological polar surface area (TPSA) is 61.4 Å². The summed E-state index contributed by atoms with van der Waals surface area (Å²) in [6.07, 6.45) is 8.09. The van der Waals surface area contributed by atoms with Crippen LogP contribution in [-0.2, 0) is 16.0 Å². The molecule has 1 saturated carbocycles. The van der Waals surface area contributed by atoms with E-state index in [1.807, 2.05) is 43.3 Å². The van der Waals surface area contributed by atoms with Gasteiger partial charge in [-0.3, -0.25) is 9.59 Å². The maximum absolute atomic E-state index is 13.5. The van der Waals surface area contributed by atoms with E-state index in [0.29, 0.717) is 31.8 Å². The van der Waals surface area contributed by atoms with Gasteiger partial charge in [-0.2, -0.15) is 0 Å². The molecule has 2 aromatic rings. The molecule has 1 aliphatic carbocycles. The van der Waals surface area contributed by atoms with Gasteiger partial charge >= 0.3 is 0 Å². The fourth-order valence-corrected chi connectivity index (χ4v) is 5.63. The molecule has 188 valence electrons. The third-order valence-electron chi connectivity index (χ3n) is 7.57. The fraction of sp³-hybridized carbons (Fsp3) is 0.517. The van der Waals surface area contributed by atoms with E-state index in [2.05, 4.69) is 15.5 Å². The second-order valence-corrected chi connectivity index (χ2v) is 9.97. The van der Waals surface area contributed by atoms with Crippen molar-refractivity contribution in [2.24, 2.45) is 5.92 Å². The minimum atomic E-state index is -0.525. The van der Waals surface area contributed by atoms with Crippen LogP contribution in [0.15, 0.2) is 48.5 Å². The Labute approximate surface area is 208 Å². The number of anilines is 1. The first-order valence-electron chi connectivity index (χ1n) is 13.2. The Bertz CT molecular complexity index is 991. The van der Waals surface area contributed by atoms with E-state index < -0.39 is 6.04 Å². The molecule has 6 heteroatoms. The van der Waals surface area contributed by atoms with Gasteiger partial charge in [-0.05, 0) is 54.5 Å². The lowest BCUT2D eigenvalue weighted by Gasteiger charge is -2.28. The van der Waals surface area contributed by atoms with Crippen LogP contribution in [-0.4, -0.2) is 37.5 Å². The Morgan fingerprint density at radius 2 is 1.83 bits per heavy atom. The number of halogens is 1. The number of benzene rings is 2. The molecule has 0 bridgehead atoms. The summed E-state index contributed by atoms with van der Waals surface area (Å²) in [5, 5.41) is 6.18. The maximum Gasteiger partial charge on any atom is 0.242 e. The maximum atomic E-state index is 13.5. The standard InChI is InChI=1S/C29H38FN3O2/c1-2-25(22-11-7-4-8-12-22)28(34)32-26(19-21-9-5-3-6-10-21)29(35)31-16-18-33-17-15-23-20-24(30)13-14-27(23)33/h4,7-8,11-14,20-21,25-26H,2-3,5-6,9-10,15-19H2,1H3,(H,31,35)(H,32,34)/t25-,26+/m1/s1. The zero-order chi connectivity index (χ0) is 24.6. The van der Waals surface area contributed by atoms with Gasteiger partial charge < -0.3 is 15.5 Å². The van der Waals surface area contributed by atoms with Crippen LogP contribution in [0.2, 0.25) is 0 Å². The number of carbonyl (C=O) groups is 2. The molecule has 1 fully saturated rings. The molecule has 2 amide bonds. The van der Waals surface area contributed by atoms with E-state index in [-0.39, 0.29) is 23.5 Å². The molecular formula is C29H38FN3O2. The molecule has 2 aromatic carbocycles. The number of rotatable bonds is 10. The Kier molecular flexibility index (Phi) is 8.78. The summed E-state index contributed by atoms with van der Waals surface area (Å²) in [5.74, 6) is -0.187. The van der Waals surface area contributed by atoms with Crippen LogP contribution in [0.5, 0.6) is 0 Å². The summed E-state index contributed by atoms with van der Waals surface area (Å²) in [4.78, 5) is 28.7. The normalized spacial score (nSPS) is 17.5. The highest BCUT2D eigenvalue weighted by Gasteiger charge is 2.29. The lowest BCUT2D eigenvalue weighted by Crippen LogP contribution is -2.50. The van der Waals surface area contributed by atoms with Crippen molar-refractivity contribution in [1.29, 1.82) is 0 Å². The highest BCUT2D eigenvalue weighted by molar-refractivity contribution is 5.90. The first kappa shape index (κ1) is 25.2. The predicted molar refractivity (Wildman–Crippen MR) is 138 cm³/mol. The van der Waals surface area contributed by atoms with E-state index in [0.717, 1.165) is 42.6 Å². The number of hydrogen-bond donors (Lipinski definition) is 2. The van der Waals surface area contributed by atoms with Gasteiger partial charge in [0, 0.05) is 25.3 Å². The number of carbonyl (C=O) groups excluding carboxylic acids is 2. The van der Waals surface area contributed by atoms with E-state index in [4.69, 9.17) is 0 Å². The molecule has 35 heavy (non-hydrogen) atoms. The zero-order valence-corrected chi connectivity index (χ0v) is 20.8. The molecule has 2 aliphatic rings. The van der Waals surface area contributed by atoms with Gasteiger partial charge in [-0.1, -0.05) is 69.4 Å². The Balaban J connectivity index is 1.37. The molecule has 0 radical (unpaired) electrons. The van der Waals surface area contributed by atoms with Gasteiger partial charge in [-0.15, -0.1) is 0 Å². The summed E-state index contributed by atoms with van der Waals surface area (Å²) in [7, 11) is 0. The highest BCUT2D eigenvalue weighted by atomic mass is 19.1. The van der Waals surface area contributed by atoms with Crippen LogP contribution in [0.25, 0.3) is 0 Å². The highest BCUT2D eigenvalue weighted by Crippen LogP contribution is 2.29. The summed E-state index contributed by atoms with van der Waals surface area (Å²) in [6, 6.07) is 14.2. The molecule has 2 atom stereocenters. The van der Waals surface area contributed by atoms with E-state index in [9.17, 15) is 14.0 Å². The van der Waals surface area contributed by atoms with Crippen LogP contribution in [0.1, 0.15) is 68.9 Å². The van der Waals surface area contributed by atoms with Gasteiger partial charge in [0.2, 0.25) is 11.8 Å². The summed E-state index contributed by atoms with van der Waals surface area (Å²) < 4.78 is 13.5. The van der Waals surface area contributed by atoms with E-state index in [1.54, 1.807) is 6.07 Å². The smallest absolute Gasteiger partial charge is 0.242 e. The van der Waals surface area contributed by atoms with Crippen molar-refractivity contribution in [2.45, 2.75) is 70.3 Å². The molecule has 4 rings (SSSR count). The molecule has 1 aliphatic heterocycles. The number of nitrogens with zero attached hydrogens (tertiary/aromatic N) is 1. The first-order chi connectivity index (χ1) is 17.0. The molecule has 5 nitrogen and oxygen atoms in total. The van der Waals surface area contributed by atoms with Gasteiger partial charge in [0.25, 0.3) is 0 Å².